The normalized spacial score (nSPS) is 31.7. The van der Waals surface area contributed by atoms with E-state index in [1.54, 1.807) is 0 Å². The van der Waals surface area contributed by atoms with E-state index in [1.807, 2.05) is 0 Å². The fourth-order valence-electron chi connectivity index (χ4n) is 1.94. The lowest BCUT2D eigenvalue weighted by atomic mass is 10.1. The van der Waals surface area contributed by atoms with E-state index in [-0.39, 0.29) is 5.91 Å². The molecule has 2 saturated carbocycles. The first kappa shape index (κ1) is 9.51. The van der Waals surface area contributed by atoms with Crippen LogP contribution < -0.4 is 5.32 Å². The number of nitriles is 1. The van der Waals surface area contributed by atoms with Crippen LogP contribution in [0.25, 0.3) is 0 Å². The number of hydrogen-bond donors (Lipinski definition) is 1. The molecule has 0 bridgehead atoms. The van der Waals surface area contributed by atoms with Gasteiger partial charge in [0.25, 0.3) is 0 Å². The molecule has 0 spiro atoms. The van der Waals surface area contributed by atoms with Crippen molar-refractivity contribution in [1.29, 1.82) is 5.26 Å². The predicted octanol–water partition coefficient (Wildman–Crippen LogP) is 1.59. The van der Waals surface area contributed by atoms with Crippen molar-refractivity contribution in [2.45, 2.75) is 45.1 Å². The Labute approximate surface area is 84.5 Å². The topological polar surface area (TPSA) is 52.9 Å². The number of carbonyl (C=O) groups excluding carboxylic acids is 1. The standard InChI is InChI=1S/C11H16N2O/c1-2-3-8-6-9(8)13-10(14)11(7-12)4-5-11/h8-9H,2-6H2,1H3,(H,13,14). The molecule has 2 atom stereocenters. The predicted molar refractivity (Wildman–Crippen MR) is 52.2 cm³/mol. The summed E-state index contributed by atoms with van der Waals surface area (Å²) in [4.78, 5) is 11.6. The first-order valence-electron chi connectivity index (χ1n) is 5.44. The average Bonchev–Trinajstić information content (AvgIpc) is 3.02. The third kappa shape index (κ3) is 1.61. The molecule has 2 unspecified atom stereocenters. The molecule has 2 fully saturated rings. The molecule has 0 aliphatic heterocycles. The molecule has 1 amide bonds. The molecule has 0 aromatic heterocycles. The summed E-state index contributed by atoms with van der Waals surface area (Å²) >= 11 is 0. The van der Waals surface area contributed by atoms with Crippen molar-refractivity contribution in [3.8, 4) is 6.07 Å². The van der Waals surface area contributed by atoms with Gasteiger partial charge in [-0.25, -0.2) is 0 Å². The van der Waals surface area contributed by atoms with Crippen molar-refractivity contribution in [1.82, 2.24) is 5.32 Å². The molecule has 1 N–H and O–H groups in total. The summed E-state index contributed by atoms with van der Waals surface area (Å²) < 4.78 is 0. The Hall–Kier alpha value is -1.04. The zero-order valence-corrected chi connectivity index (χ0v) is 8.55. The Bertz CT molecular complexity index is 288. The summed E-state index contributed by atoms with van der Waals surface area (Å²) in [6, 6.07) is 2.49. The van der Waals surface area contributed by atoms with Gasteiger partial charge in [-0.2, -0.15) is 5.26 Å². The zero-order valence-electron chi connectivity index (χ0n) is 8.55. The molecule has 0 radical (unpaired) electrons. The second-order valence-corrected chi connectivity index (χ2v) is 4.56. The molecule has 2 aliphatic rings. The van der Waals surface area contributed by atoms with Gasteiger partial charge in [-0.15, -0.1) is 0 Å². The zero-order chi connectivity index (χ0) is 10.2. The Balaban J connectivity index is 1.78. The van der Waals surface area contributed by atoms with E-state index in [4.69, 9.17) is 5.26 Å². The third-order valence-electron chi connectivity index (χ3n) is 3.30. The number of carbonyl (C=O) groups is 1. The van der Waals surface area contributed by atoms with Crippen LogP contribution in [-0.2, 0) is 4.79 Å². The SMILES string of the molecule is CCCC1CC1NC(=O)C1(C#N)CC1. The fourth-order valence-corrected chi connectivity index (χ4v) is 1.94. The Morgan fingerprint density at radius 1 is 1.64 bits per heavy atom. The molecule has 76 valence electrons. The molecule has 14 heavy (non-hydrogen) atoms. The first-order valence-corrected chi connectivity index (χ1v) is 5.44. The number of nitrogens with one attached hydrogen (secondary N) is 1. The second kappa shape index (κ2) is 3.27. The largest absolute Gasteiger partial charge is 0.352 e. The van der Waals surface area contributed by atoms with Gasteiger partial charge in [-0.1, -0.05) is 13.3 Å². The van der Waals surface area contributed by atoms with Gasteiger partial charge in [0.1, 0.15) is 5.41 Å². The van der Waals surface area contributed by atoms with Gasteiger partial charge in [0.05, 0.1) is 6.07 Å². The monoisotopic (exact) mass is 192 g/mol. The smallest absolute Gasteiger partial charge is 0.240 e. The second-order valence-electron chi connectivity index (χ2n) is 4.56. The molecular formula is C11H16N2O. The van der Waals surface area contributed by atoms with Gasteiger partial charge in [-0.05, 0) is 31.6 Å². The third-order valence-corrected chi connectivity index (χ3v) is 3.30. The van der Waals surface area contributed by atoms with Gasteiger partial charge >= 0.3 is 0 Å². The van der Waals surface area contributed by atoms with Gasteiger partial charge in [0.15, 0.2) is 0 Å². The van der Waals surface area contributed by atoms with E-state index >= 15 is 0 Å². The van der Waals surface area contributed by atoms with Crippen LogP contribution in [0.4, 0.5) is 0 Å². The first-order chi connectivity index (χ1) is 6.72. The summed E-state index contributed by atoms with van der Waals surface area (Å²) in [5, 5.41) is 11.8. The number of nitrogens with zero attached hydrogens (tertiary/aromatic N) is 1. The highest BCUT2D eigenvalue weighted by Gasteiger charge is 2.52. The lowest BCUT2D eigenvalue weighted by Gasteiger charge is -2.07. The molecule has 2 aliphatic carbocycles. The van der Waals surface area contributed by atoms with Crippen molar-refractivity contribution in [3.63, 3.8) is 0 Å². The van der Waals surface area contributed by atoms with E-state index in [1.165, 1.54) is 12.8 Å². The Morgan fingerprint density at radius 2 is 2.36 bits per heavy atom. The molecule has 2 rings (SSSR count). The summed E-state index contributed by atoms with van der Waals surface area (Å²) in [5.41, 5.74) is -0.640. The van der Waals surface area contributed by atoms with Crippen LogP contribution in [0.15, 0.2) is 0 Å². The van der Waals surface area contributed by atoms with Crippen molar-refractivity contribution < 1.29 is 4.79 Å². The van der Waals surface area contributed by atoms with Crippen LogP contribution in [0, 0.1) is 22.7 Å². The van der Waals surface area contributed by atoms with Gasteiger partial charge in [0, 0.05) is 6.04 Å². The molecule has 0 heterocycles. The van der Waals surface area contributed by atoms with Crippen molar-refractivity contribution in [3.05, 3.63) is 0 Å². The van der Waals surface area contributed by atoms with Crippen molar-refractivity contribution in [2.75, 3.05) is 0 Å². The minimum Gasteiger partial charge on any atom is -0.352 e. The van der Waals surface area contributed by atoms with Crippen LogP contribution in [-0.4, -0.2) is 11.9 Å². The van der Waals surface area contributed by atoms with E-state index in [0.29, 0.717) is 12.0 Å². The van der Waals surface area contributed by atoms with Crippen molar-refractivity contribution >= 4 is 5.91 Å². The highest BCUT2D eigenvalue weighted by molar-refractivity contribution is 5.88. The van der Waals surface area contributed by atoms with E-state index in [0.717, 1.165) is 19.3 Å². The number of rotatable bonds is 4. The highest BCUT2D eigenvalue weighted by atomic mass is 16.2. The summed E-state index contributed by atoms with van der Waals surface area (Å²) in [5.74, 6) is 0.655. The Kier molecular flexibility index (Phi) is 2.22. The van der Waals surface area contributed by atoms with Crippen LogP contribution in [0.2, 0.25) is 0 Å². The average molecular weight is 192 g/mol. The molecule has 0 saturated heterocycles. The van der Waals surface area contributed by atoms with Crippen LogP contribution >= 0.6 is 0 Å². The van der Waals surface area contributed by atoms with Gasteiger partial charge in [0.2, 0.25) is 5.91 Å². The summed E-state index contributed by atoms with van der Waals surface area (Å²) in [6.07, 6.45) is 4.99. The maximum Gasteiger partial charge on any atom is 0.240 e. The summed E-state index contributed by atoms with van der Waals surface area (Å²) in [7, 11) is 0. The summed E-state index contributed by atoms with van der Waals surface area (Å²) in [6.45, 7) is 2.16. The molecule has 0 aromatic rings. The van der Waals surface area contributed by atoms with E-state index < -0.39 is 5.41 Å². The van der Waals surface area contributed by atoms with Crippen molar-refractivity contribution in [2.24, 2.45) is 11.3 Å². The minimum atomic E-state index is -0.640. The maximum absolute atomic E-state index is 11.6. The molecule has 3 heteroatoms. The van der Waals surface area contributed by atoms with Crippen LogP contribution in [0.3, 0.4) is 0 Å². The number of amides is 1. The highest BCUT2D eigenvalue weighted by Crippen LogP contribution is 2.46. The minimum absolute atomic E-state index is 0.0244. The lowest BCUT2D eigenvalue weighted by molar-refractivity contribution is -0.124. The maximum atomic E-state index is 11.6. The van der Waals surface area contributed by atoms with Crippen LogP contribution in [0.1, 0.15) is 39.0 Å². The van der Waals surface area contributed by atoms with Gasteiger partial charge in [-0.3, -0.25) is 4.79 Å². The lowest BCUT2D eigenvalue weighted by Crippen LogP contribution is -2.33. The fraction of sp³-hybridized carbons (Fsp3) is 0.818. The molecule has 3 nitrogen and oxygen atoms in total. The molecular weight excluding hydrogens is 176 g/mol. The van der Waals surface area contributed by atoms with Crippen LogP contribution in [0.5, 0.6) is 0 Å². The Morgan fingerprint density at radius 3 is 2.86 bits per heavy atom. The van der Waals surface area contributed by atoms with E-state index in [2.05, 4.69) is 18.3 Å². The van der Waals surface area contributed by atoms with E-state index in [9.17, 15) is 4.79 Å². The quantitative estimate of drug-likeness (QED) is 0.735. The number of hydrogen-bond acceptors (Lipinski definition) is 2. The molecule has 0 aromatic carbocycles. The van der Waals surface area contributed by atoms with Gasteiger partial charge < -0.3 is 5.32 Å².